The molecule has 0 aliphatic carbocycles. The summed E-state index contributed by atoms with van der Waals surface area (Å²) < 4.78 is 2.10. The summed E-state index contributed by atoms with van der Waals surface area (Å²) in [6.07, 6.45) is 3.20. The normalized spacial score (nSPS) is 11.0. The molecule has 79 valence electrons. The molecule has 2 rings (SSSR count). The molecule has 0 atom stereocenters. The number of para-hydroxylation sites is 1. The molecule has 2 aromatic rings. The van der Waals surface area contributed by atoms with Crippen molar-refractivity contribution in [2.75, 3.05) is 19.7 Å². The molecule has 0 bridgehead atoms. The first-order chi connectivity index (χ1) is 7.42. The van der Waals surface area contributed by atoms with Gasteiger partial charge in [-0.3, -0.25) is 0 Å². The van der Waals surface area contributed by atoms with Crippen LogP contribution < -0.4 is 5.32 Å². The van der Waals surface area contributed by atoms with E-state index in [0.717, 1.165) is 13.1 Å². The number of benzene rings is 1. The number of aliphatic hydroxyl groups is 1. The van der Waals surface area contributed by atoms with Crippen molar-refractivity contribution in [2.45, 2.75) is 6.54 Å². The van der Waals surface area contributed by atoms with E-state index in [4.69, 9.17) is 5.11 Å². The lowest BCUT2D eigenvalue weighted by Gasteiger charge is -2.05. The molecular formula is C12H15N2O. The van der Waals surface area contributed by atoms with Gasteiger partial charge in [0.1, 0.15) is 0 Å². The molecule has 0 amide bonds. The fourth-order valence-electron chi connectivity index (χ4n) is 1.65. The number of fused-ring (bicyclic) bond motifs is 1. The lowest BCUT2D eigenvalue weighted by atomic mass is 10.2. The first-order valence-electron chi connectivity index (χ1n) is 5.19. The lowest BCUT2D eigenvalue weighted by molar-refractivity contribution is 0.291. The van der Waals surface area contributed by atoms with Crippen molar-refractivity contribution >= 4 is 10.9 Å². The Bertz CT molecular complexity index is 422. The number of hydrogen-bond donors (Lipinski definition) is 2. The van der Waals surface area contributed by atoms with Crippen molar-refractivity contribution in [3.63, 3.8) is 0 Å². The van der Waals surface area contributed by atoms with Crippen LogP contribution in [0, 0.1) is 6.20 Å². The van der Waals surface area contributed by atoms with Crippen LogP contribution in [0.3, 0.4) is 0 Å². The van der Waals surface area contributed by atoms with E-state index in [9.17, 15) is 0 Å². The third-order valence-electron chi connectivity index (χ3n) is 2.40. The summed E-state index contributed by atoms with van der Waals surface area (Å²) in [5.74, 6) is 0. The van der Waals surface area contributed by atoms with Crippen LogP contribution in [-0.4, -0.2) is 29.4 Å². The molecule has 0 spiro atoms. The third-order valence-corrected chi connectivity index (χ3v) is 2.40. The maximum Gasteiger partial charge on any atom is 0.0659 e. The van der Waals surface area contributed by atoms with E-state index < -0.39 is 0 Å². The predicted molar refractivity (Wildman–Crippen MR) is 60.7 cm³/mol. The number of rotatable bonds is 5. The van der Waals surface area contributed by atoms with Crippen LogP contribution in [-0.2, 0) is 6.54 Å². The molecule has 0 fully saturated rings. The summed E-state index contributed by atoms with van der Waals surface area (Å²) in [6.45, 7) is 2.58. The number of nitrogens with one attached hydrogen (secondary N) is 1. The van der Waals surface area contributed by atoms with Gasteiger partial charge in [0, 0.05) is 30.5 Å². The van der Waals surface area contributed by atoms with Crippen LogP contribution in [0.25, 0.3) is 10.9 Å². The second-order valence-electron chi connectivity index (χ2n) is 3.46. The van der Waals surface area contributed by atoms with Crippen molar-refractivity contribution in [2.24, 2.45) is 0 Å². The molecule has 0 unspecified atom stereocenters. The van der Waals surface area contributed by atoms with Crippen molar-refractivity contribution in [3.8, 4) is 0 Å². The van der Waals surface area contributed by atoms with Crippen LogP contribution in [0.5, 0.6) is 0 Å². The van der Waals surface area contributed by atoms with Gasteiger partial charge in [0.25, 0.3) is 0 Å². The Morgan fingerprint density at radius 3 is 3.00 bits per heavy atom. The molecule has 3 nitrogen and oxygen atoms in total. The zero-order valence-electron chi connectivity index (χ0n) is 8.61. The topological polar surface area (TPSA) is 37.2 Å². The lowest BCUT2D eigenvalue weighted by Crippen LogP contribution is -2.22. The summed E-state index contributed by atoms with van der Waals surface area (Å²) >= 11 is 0. The minimum Gasteiger partial charge on any atom is -0.395 e. The smallest absolute Gasteiger partial charge is 0.0659 e. The Morgan fingerprint density at radius 1 is 1.27 bits per heavy atom. The van der Waals surface area contributed by atoms with E-state index in [1.54, 1.807) is 0 Å². The van der Waals surface area contributed by atoms with Gasteiger partial charge in [-0.05, 0) is 12.1 Å². The fourth-order valence-corrected chi connectivity index (χ4v) is 1.65. The van der Waals surface area contributed by atoms with Gasteiger partial charge >= 0.3 is 0 Å². The van der Waals surface area contributed by atoms with Gasteiger partial charge in [0.05, 0.1) is 12.8 Å². The standard InChI is InChI=1S/C12H15N2O/c15-10-7-13-6-9-14-8-5-11-3-1-2-4-12(11)14/h1-5,13,15H,6-7,9-10H2. The number of hydrogen-bond acceptors (Lipinski definition) is 2. The minimum absolute atomic E-state index is 0.191. The Kier molecular flexibility index (Phi) is 3.37. The van der Waals surface area contributed by atoms with E-state index in [1.165, 1.54) is 10.9 Å². The maximum atomic E-state index is 8.62. The Morgan fingerprint density at radius 2 is 2.13 bits per heavy atom. The van der Waals surface area contributed by atoms with Gasteiger partial charge in [0.2, 0.25) is 0 Å². The zero-order chi connectivity index (χ0) is 10.5. The monoisotopic (exact) mass is 203 g/mol. The summed E-state index contributed by atoms with van der Waals surface area (Å²) in [7, 11) is 0. The largest absolute Gasteiger partial charge is 0.395 e. The molecule has 1 radical (unpaired) electrons. The highest BCUT2D eigenvalue weighted by Gasteiger charge is 1.98. The Balaban J connectivity index is 2.02. The minimum atomic E-state index is 0.191. The van der Waals surface area contributed by atoms with Gasteiger partial charge in [-0.25, -0.2) is 0 Å². The summed E-state index contributed by atoms with van der Waals surface area (Å²) in [4.78, 5) is 0. The van der Waals surface area contributed by atoms with E-state index in [1.807, 2.05) is 18.2 Å². The number of nitrogens with zero attached hydrogens (tertiary/aromatic N) is 1. The van der Waals surface area contributed by atoms with Crippen LogP contribution in [0.15, 0.2) is 30.3 Å². The fraction of sp³-hybridized carbons (Fsp3) is 0.333. The second kappa shape index (κ2) is 4.96. The van der Waals surface area contributed by atoms with Crippen molar-refractivity contribution < 1.29 is 5.11 Å². The van der Waals surface area contributed by atoms with Gasteiger partial charge in [-0.15, -0.1) is 0 Å². The van der Waals surface area contributed by atoms with E-state index in [-0.39, 0.29) is 6.61 Å². The molecule has 0 saturated heterocycles. The Hall–Kier alpha value is -1.32. The summed E-state index contributed by atoms with van der Waals surface area (Å²) in [5.41, 5.74) is 1.21. The van der Waals surface area contributed by atoms with Gasteiger partial charge in [-0.1, -0.05) is 18.2 Å². The predicted octanol–water partition coefficient (Wildman–Crippen LogP) is 1.02. The van der Waals surface area contributed by atoms with Gasteiger partial charge in [-0.2, -0.15) is 0 Å². The second-order valence-corrected chi connectivity index (χ2v) is 3.46. The summed E-state index contributed by atoms with van der Waals surface area (Å²) in [5, 5.41) is 13.0. The van der Waals surface area contributed by atoms with Crippen molar-refractivity contribution in [3.05, 3.63) is 36.5 Å². The molecular weight excluding hydrogens is 188 g/mol. The van der Waals surface area contributed by atoms with Crippen LogP contribution in [0.1, 0.15) is 0 Å². The summed E-state index contributed by atoms with van der Waals surface area (Å²) in [6, 6.07) is 10.3. The SMILES string of the molecule is OCCNCCn1[c]cc2ccccc21. The van der Waals surface area contributed by atoms with E-state index >= 15 is 0 Å². The van der Waals surface area contributed by atoms with E-state index in [0.29, 0.717) is 6.54 Å². The molecule has 2 N–H and O–H groups in total. The number of aromatic nitrogens is 1. The highest BCUT2D eigenvalue weighted by molar-refractivity contribution is 5.79. The van der Waals surface area contributed by atoms with Crippen LogP contribution in [0.4, 0.5) is 0 Å². The van der Waals surface area contributed by atoms with Crippen molar-refractivity contribution in [1.82, 2.24) is 9.88 Å². The third kappa shape index (κ3) is 2.37. The molecule has 0 aliphatic heterocycles. The maximum absolute atomic E-state index is 8.62. The van der Waals surface area contributed by atoms with Crippen LogP contribution >= 0.6 is 0 Å². The van der Waals surface area contributed by atoms with Crippen molar-refractivity contribution in [1.29, 1.82) is 0 Å². The molecule has 0 saturated carbocycles. The first-order valence-corrected chi connectivity index (χ1v) is 5.19. The quantitative estimate of drug-likeness (QED) is 0.712. The highest BCUT2D eigenvalue weighted by atomic mass is 16.3. The first kappa shape index (κ1) is 10.2. The number of aliphatic hydroxyl groups excluding tert-OH is 1. The molecule has 1 aromatic carbocycles. The molecule has 1 heterocycles. The van der Waals surface area contributed by atoms with Gasteiger partial charge < -0.3 is 15.0 Å². The average Bonchev–Trinajstić information content (AvgIpc) is 2.68. The average molecular weight is 203 g/mol. The zero-order valence-corrected chi connectivity index (χ0v) is 8.61. The molecule has 0 aliphatic rings. The molecule has 15 heavy (non-hydrogen) atoms. The van der Waals surface area contributed by atoms with Crippen LogP contribution in [0.2, 0.25) is 0 Å². The molecule has 3 heteroatoms. The molecule has 1 aromatic heterocycles. The highest BCUT2D eigenvalue weighted by Crippen LogP contribution is 2.13. The van der Waals surface area contributed by atoms with E-state index in [2.05, 4.69) is 28.2 Å². The van der Waals surface area contributed by atoms with Gasteiger partial charge in [0.15, 0.2) is 0 Å². The Labute approximate surface area is 89.3 Å².